The number of rotatable bonds is 2. The standard InChI is InChI=1S/C22H24N2O/c1-15-9-16(2)21-19(10-15)11-20-14-24(12-17(3)25-22(20)23-21)13-18-7-5-4-6-8-18/h4-11,17H,12-14H2,1-3H3/t17-/m1/s1. The lowest BCUT2D eigenvalue weighted by Gasteiger charge is -2.21. The molecule has 25 heavy (non-hydrogen) atoms. The number of nitrogens with zero attached hydrogens (tertiary/aromatic N) is 2. The van der Waals surface area contributed by atoms with Crippen molar-refractivity contribution in [3.05, 3.63) is 70.8 Å². The predicted molar refractivity (Wildman–Crippen MR) is 102 cm³/mol. The molecular formula is C22H24N2O. The molecule has 0 unspecified atom stereocenters. The van der Waals surface area contributed by atoms with Gasteiger partial charge in [0.25, 0.3) is 0 Å². The van der Waals surface area contributed by atoms with E-state index < -0.39 is 0 Å². The highest BCUT2D eigenvalue weighted by molar-refractivity contribution is 5.84. The number of fused-ring (bicyclic) bond motifs is 2. The van der Waals surface area contributed by atoms with Gasteiger partial charge < -0.3 is 4.74 Å². The molecule has 1 aromatic heterocycles. The first-order valence-electron chi connectivity index (χ1n) is 8.92. The lowest BCUT2D eigenvalue weighted by atomic mass is 10.0. The van der Waals surface area contributed by atoms with Gasteiger partial charge in [-0.15, -0.1) is 0 Å². The molecule has 0 bridgehead atoms. The average molecular weight is 332 g/mol. The minimum Gasteiger partial charge on any atom is -0.473 e. The van der Waals surface area contributed by atoms with Crippen LogP contribution in [0.15, 0.2) is 48.5 Å². The van der Waals surface area contributed by atoms with E-state index in [4.69, 9.17) is 9.72 Å². The van der Waals surface area contributed by atoms with Gasteiger partial charge in [0.15, 0.2) is 0 Å². The SMILES string of the molecule is Cc1cc(C)c2nc3c(cc2c1)CN(Cc1ccccc1)C[C@@H](C)O3. The van der Waals surface area contributed by atoms with Crippen molar-refractivity contribution in [2.45, 2.75) is 40.0 Å². The molecule has 128 valence electrons. The van der Waals surface area contributed by atoms with Crippen LogP contribution >= 0.6 is 0 Å². The summed E-state index contributed by atoms with van der Waals surface area (Å²) in [6.07, 6.45) is 0.126. The van der Waals surface area contributed by atoms with Crippen molar-refractivity contribution in [3.8, 4) is 5.88 Å². The molecule has 0 radical (unpaired) electrons. The smallest absolute Gasteiger partial charge is 0.218 e. The predicted octanol–water partition coefficient (Wildman–Crippen LogP) is 4.63. The molecule has 0 aliphatic carbocycles. The van der Waals surface area contributed by atoms with Gasteiger partial charge in [0.2, 0.25) is 5.88 Å². The van der Waals surface area contributed by atoms with Crippen LogP contribution in [-0.2, 0) is 13.1 Å². The second-order valence-corrected chi connectivity index (χ2v) is 7.19. The highest BCUT2D eigenvalue weighted by Crippen LogP contribution is 2.29. The molecule has 4 rings (SSSR count). The summed E-state index contributed by atoms with van der Waals surface area (Å²) in [5.74, 6) is 0.794. The zero-order chi connectivity index (χ0) is 17.4. The van der Waals surface area contributed by atoms with Crippen LogP contribution in [0.5, 0.6) is 5.88 Å². The van der Waals surface area contributed by atoms with Crippen LogP contribution in [0.2, 0.25) is 0 Å². The number of benzene rings is 2. The number of aromatic nitrogens is 1. The number of aryl methyl sites for hydroxylation is 2. The van der Waals surface area contributed by atoms with E-state index >= 15 is 0 Å². The Kier molecular flexibility index (Phi) is 4.18. The molecule has 0 spiro atoms. The van der Waals surface area contributed by atoms with E-state index in [-0.39, 0.29) is 6.10 Å². The molecule has 1 aliphatic heterocycles. The van der Waals surface area contributed by atoms with E-state index in [9.17, 15) is 0 Å². The Balaban J connectivity index is 1.71. The normalized spacial score (nSPS) is 17.8. The van der Waals surface area contributed by atoms with Crippen LogP contribution in [0.1, 0.15) is 29.2 Å². The Morgan fingerprint density at radius 2 is 1.92 bits per heavy atom. The van der Waals surface area contributed by atoms with Crippen LogP contribution in [0.25, 0.3) is 10.9 Å². The molecule has 3 nitrogen and oxygen atoms in total. The van der Waals surface area contributed by atoms with E-state index in [1.165, 1.54) is 27.6 Å². The third-order valence-corrected chi connectivity index (χ3v) is 4.76. The average Bonchev–Trinajstić information content (AvgIpc) is 2.71. The van der Waals surface area contributed by atoms with Crippen LogP contribution in [0.3, 0.4) is 0 Å². The van der Waals surface area contributed by atoms with Crippen LogP contribution in [0.4, 0.5) is 0 Å². The summed E-state index contributed by atoms with van der Waals surface area (Å²) in [6, 6.07) is 17.3. The van der Waals surface area contributed by atoms with Crippen molar-refractivity contribution in [3.63, 3.8) is 0 Å². The molecule has 1 aliphatic rings. The van der Waals surface area contributed by atoms with Crippen molar-refractivity contribution in [1.29, 1.82) is 0 Å². The molecule has 0 saturated carbocycles. The fraction of sp³-hybridized carbons (Fsp3) is 0.318. The fourth-order valence-corrected chi connectivity index (χ4v) is 3.75. The maximum Gasteiger partial charge on any atom is 0.218 e. The molecule has 0 fully saturated rings. The largest absolute Gasteiger partial charge is 0.473 e. The molecule has 2 aromatic carbocycles. The highest BCUT2D eigenvalue weighted by atomic mass is 16.5. The van der Waals surface area contributed by atoms with Gasteiger partial charge in [-0.1, -0.05) is 42.0 Å². The fourth-order valence-electron chi connectivity index (χ4n) is 3.75. The summed E-state index contributed by atoms with van der Waals surface area (Å²) < 4.78 is 6.17. The van der Waals surface area contributed by atoms with E-state index in [0.29, 0.717) is 0 Å². The molecule has 0 amide bonds. The summed E-state index contributed by atoms with van der Waals surface area (Å²) in [7, 11) is 0. The van der Waals surface area contributed by atoms with Crippen molar-refractivity contribution >= 4 is 10.9 Å². The Morgan fingerprint density at radius 1 is 1.12 bits per heavy atom. The lowest BCUT2D eigenvalue weighted by Crippen LogP contribution is -2.30. The third kappa shape index (κ3) is 3.38. The Labute approximate surface area is 149 Å². The van der Waals surface area contributed by atoms with Crippen LogP contribution in [-0.4, -0.2) is 22.5 Å². The monoisotopic (exact) mass is 332 g/mol. The Hall–Kier alpha value is -2.39. The van der Waals surface area contributed by atoms with E-state index in [0.717, 1.165) is 31.0 Å². The van der Waals surface area contributed by atoms with E-state index in [2.05, 4.69) is 74.2 Å². The van der Waals surface area contributed by atoms with Gasteiger partial charge in [0.1, 0.15) is 6.10 Å². The van der Waals surface area contributed by atoms with Gasteiger partial charge >= 0.3 is 0 Å². The van der Waals surface area contributed by atoms with Crippen LogP contribution < -0.4 is 4.74 Å². The minimum absolute atomic E-state index is 0.126. The zero-order valence-electron chi connectivity index (χ0n) is 15.1. The maximum atomic E-state index is 6.17. The summed E-state index contributed by atoms with van der Waals surface area (Å²) in [4.78, 5) is 7.31. The quantitative estimate of drug-likeness (QED) is 0.684. The Morgan fingerprint density at radius 3 is 2.72 bits per heavy atom. The number of ether oxygens (including phenoxy) is 1. The van der Waals surface area contributed by atoms with E-state index in [1.807, 2.05) is 0 Å². The second kappa shape index (κ2) is 6.49. The third-order valence-electron chi connectivity index (χ3n) is 4.76. The first-order chi connectivity index (χ1) is 12.1. The number of hydrogen-bond acceptors (Lipinski definition) is 3. The summed E-state index contributed by atoms with van der Waals surface area (Å²) in [5, 5.41) is 1.20. The first kappa shape index (κ1) is 16.1. The molecule has 1 atom stereocenters. The first-order valence-corrected chi connectivity index (χ1v) is 8.92. The minimum atomic E-state index is 0.126. The summed E-state index contributed by atoms with van der Waals surface area (Å²) in [6.45, 7) is 9.08. The molecular weight excluding hydrogens is 308 g/mol. The molecule has 3 aromatic rings. The van der Waals surface area contributed by atoms with Gasteiger partial charge in [-0.3, -0.25) is 4.90 Å². The second-order valence-electron chi connectivity index (χ2n) is 7.19. The van der Waals surface area contributed by atoms with Gasteiger partial charge in [-0.25, -0.2) is 4.98 Å². The molecule has 3 heteroatoms. The van der Waals surface area contributed by atoms with Gasteiger partial charge in [0.05, 0.1) is 5.52 Å². The van der Waals surface area contributed by atoms with Crippen molar-refractivity contribution in [1.82, 2.24) is 9.88 Å². The number of pyridine rings is 1. The maximum absolute atomic E-state index is 6.17. The van der Waals surface area contributed by atoms with E-state index in [1.54, 1.807) is 0 Å². The van der Waals surface area contributed by atoms with Gasteiger partial charge in [0, 0.05) is 30.6 Å². The Bertz CT molecular complexity index is 905. The molecule has 2 heterocycles. The zero-order valence-corrected chi connectivity index (χ0v) is 15.1. The summed E-state index contributed by atoms with van der Waals surface area (Å²) >= 11 is 0. The molecule has 0 N–H and O–H groups in total. The molecule has 0 saturated heterocycles. The van der Waals surface area contributed by atoms with Gasteiger partial charge in [-0.2, -0.15) is 0 Å². The van der Waals surface area contributed by atoms with Crippen molar-refractivity contribution in [2.24, 2.45) is 0 Å². The summed E-state index contributed by atoms with van der Waals surface area (Å²) in [5.41, 5.74) is 6.04. The lowest BCUT2D eigenvalue weighted by molar-refractivity contribution is 0.153. The number of hydrogen-bond donors (Lipinski definition) is 0. The van der Waals surface area contributed by atoms with Gasteiger partial charge in [-0.05, 0) is 44.0 Å². The van der Waals surface area contributed by atoms with Crippen molar-refractivity contribution < 1.29 is 4.74 Å². The van der Waals surface area contributed by atoms with Crippen LogP contribution in [0, 0.1) is 13.8 Å². The topological polar surface area (TPSA) is 25.4 Å². The van der Waals surface area contributed by atoms with Crippen molar-refractivity contribution in [2.75, 3.05) is 6.54 Å². The highest BCUT2D eigenvalue weighted by Gasteiger charge is 2.22.